The highest BCUT2D eigenvalue weighted by Gasteiger charge is 2.13. The van der Waals surface area contributed by atoms with Gasteiger partial charge in [0.15, 0.2) is 0 Å². The molecular formula is CH4O12S2. The van der Waals surface area contributed by atoms with Gasteiger partial charge in [-0.2, -0.15) is 22.1 Å². The molecule has 0 saturated heterocycles. The highest BCUT2D eigenvalue weighted by molar-refractivity contribution is 7.83. The number of hydrogen-bond donors (Lipinski definition) is 4. The quantitative estimate of drug-likeness (QED) is 0.269. The highest BCUT2D eigenvalue weighted by Crippen LogP contribution is 1.92. The lowest BCUT2D eigenvalue weighted by Gasteiger charge is -1.92. The lowest BCUT2D eigenvalue weighted by Crippen LogP contribution is -2.10. The topological polar surface area (TPSA) is 194 Å². The number of carbonyl (C=O) groups is 1. The Balaban J connectivity index is 0. The molecule has 0 aliphatic rings. The van der Waals surface area contributed by atoms with Crippen molar-refractivity contribution in [2.24, 2.45) is 0 Å². The monoisotopic (exact) mass is 272 g/mol. The van der Waals surface area contributed by atoms with Crippen molar-refractivity contribution in [3.05, 3.63) is 0 Å². The average Bonchev–Trinajstić information content (AvgIpc) is 2.00. The van der Waals surface area contributed by atoms with Crippen molar-refractivity contribution < 1.29 is 54.7 Å². The highest BCUT2D eigenvalue weighted by atomic mass is 32.3. The Morgan fingerprint density at radius 3 is 1.20 bits per heavy atom. The van der Waals surface area contributed by atoms with Crippen LogP contribution in [-0.4, -0.2) is 42.5 Å². The van der Waals surface area contributed by atoms with Gasteiger partial charge in [-0.3, -0.25) is 14.0 Å². The Bertz CT molecular complexity index is 338. The first-order valence-electron chi connectivity index (χ1n) is 2.35. The van der Waals surface area contributed by atoms with Gasteiger partial charge in [0.2, 0.25) is 0 Å². The molecule has 12 nitrogen and oxygen atoms in total. The van der Waals surface area contributed by atoms with E-state index in [-0.39, 0.29) is 0 Å². The van der Waals surface area contributed by atoms with E-state index >= 15 is 0 Å². The summed E-state index contributed by atoms with van der Waals surface area (Å²) in [5.41, 5.74) is 0. The van der Waals surface area contributed by atoms with Crippen molar-refractivity contribution in [1.29, 1.82) is 0 Å². The number of rotatable bonds is 3. The summed E-state index contributed by atoms with van der Waals surface area (Å²) in [6, 6.07) is 0. The number of carboxylic acid groups (broad SMARTS) is 1. The van der Waals surface area contributed by atoms with Crippen LogP contribution in [0.3, 0.4) is 0 Å². The number of hydrogen-bond acceptors (Lipinski definition) is 9. The molecule has 0 aromatic rings. The lowest BCUT2D eigenvalue weighted by atomic mass is 11.5. The molecule has 0 bridgehead atoms. The Morgan fingerprint density at radius 2 is 1.13 bits per heavy atom. The summed E-state index contributed by atoms with van der Waals surface area (Å²) < 4.78 is 58.9. The Kier molecular flexibility index (Phi) is 7.06. The minimum Gasteiger partial charge on any atom is -0.448 e. The van der Waals surface area contributed by atoms with Crippen LogP contribution in [0.1, 0.15) is 0 Å². The van der Waals surface area contributed by atoms with E-state index in [9.17, 15) is 16.8 Å². The van der Waals surface area contributed by atoms with E-state index in [0.717, 1.165) is 0 Å². The van der Waals surface area contributed by atoms with Crippen LogP contribution in [0.5, 0.6) is 0 Å². The molecule has 0 aliphatic carbocycles. The maximum Gasteiger partial charge on any atom is 0.537 e. The van der Waals surface area contributed by atoms with Crippen molar-refractivity contribution in [2.45, 2.75) is 0 Å². The van der Waals surface area contributed by atoms with Gasteiger partial charge in [0.1, 0.15) is 0 Å². The fraction of sp³-hybridized carbons (Fsp3) is 0. The van der Waals surface area contributed by atoms with E-state index in [1.807, 2.05) is 0 Å². The minimum absolute atomic E-state index is 1.69. The van der Waals surface area contributed by atoms with E-state index in [2.05, 4.69) is 13.6 Å². The standard InChI is InChI=1S/CH2O4.H2O8S2/c2-1(3)5-4;1-9(2,3)7-8-10(4,5)6/h4H,(H,2,3);(H,1,2,3)(H,4,5,6). The zero-order valence-electron chi connectivity index (χ0n) is 6.37. The smallest absolute Gasteiger partial charge is 0.448 e. The average molecular weight is 272 g/mol. The largest absolute Gasteiger partial charge is 0.537 e. The normalized spacial score (nSPS) is 11.1. The second kappa shape index (κ2) is 6.45. The summed E-state index contributed by atoms with van der Waals surface area (Å²) in [6.45, 7) is 0. The summed E-state index contributed by atoms with van der Waals surface area (Å²) in [5, 5.41) is 14.3. The Labute approximate surface area is 82.4 Å². The first-order chi connectivity index (χ1) is 6.48. The van der Waals surface area contributed by atoms with Crippen LogP contribution in [0.2, 0.25) is 0 Å². The molecule has 0 aromatic carbocycles. The van der Waals surface area contributed by atoms with Crippen LogP contribution in [0, 0.1) is 0 Å². The fourth-order valence-electron chi connectivity index (χ4n) is 0.0702. The molecule has 0 amide bonds. The molecule has 14 heteroatoms. The molecule has 0 spiro atoms. The van der Waals surface area contributed by atoms with E-state index < -0.39 is 27.0 Å². The molecule has 0 radical (unpaired) electrons. The second-order valence-electron chi connectivity index (χ2n) is 1.35. The van der Waals surface area contributed by atoms with Gasteiger partial charge >= 0.3 is 27.0 Å². The lowest BCUT2D eigenvalue weighted by molar-refractivity contribution is -0.194. The summed E-state index contributed by atoms with van der Waals surface area (Å²) in [7, 11) is -10.0. The zero-order chi connectivity index (χ0) is 12.7. The van der Waals surface area contributed by atoms with Crippen molar-refractivity contribution in [2.75, 3.05) is 0 Å². The SMILES string of the molecule is O=C(O)OO.O=S(=O)(O)OOS(=O)(=O)O. The van der Waals surface area contributed by atoms with Gasteiger partial charge in [0.05, 0.1) is 0 Å². The Hall–Kier alpha value is -1.03. The Morgan fingerprint density at radius 1 is 0.933 bits per heavy atom. The minimum atomic E-state index is -5.02. The van der Waals surface area contributed by atoms with Gasteiger partial charge in [0, 0.05) is 0 Å². The molecule has 92 valence electrons. The summed E-state index contributed by atoms with van der Waals surface area (Å²) in [6.07, 6.45) is -1.69. The maximum atomic E-state index is 9.51. The van der Waals surface area contributed by atoms with Crippen LogP contribution < -0.4 is 0 Å². The van der Waals surface area contributed by atoms with Crippen LogP contribution in [0.25, 0.3) is 0 Å². The third-order valence-corrected chi connectivity index (χ3v) is 0.844. The van der Waals surface area contributed by atoms with Crippen molar-refractivity contribution in [1.82, 2.24) is 0 Å². The van der Waals surface area contributed by atoms with Gasteiger partial charge < -0.3 is 5.11 Å². The van der Waals surface area contributed by atoms with E-state index in [1.54, 1.807) is 0 Å². The van der Waals surface area contributed by atoms with Crippen LogP contribution in [0.4, 0.5) is 4.79 Å². The van der Waals surface area contributed by atoms with Crippen LogP contribution in [0.15, 0.2) is 0 Å². The van der Waals surface area contributed by atoms with Crippen LogP contribution >= 0.6 is 0 Å². The second-order valence-corrected chi connectivity index (χ2v) is 3.33. The maximum absolute atomic E-state index is 9.51. The molecule has 0 heterocycles. The fourth-order valence-corrected chi connectivity index (χ4v) is 0.632. The van der Waals surface area contributed by atoms with E-state index in [0.29, 0.717) is 0 Å². The first-order valence-corrected chi connectivity index (χ1v) is 5.08. The van der Waals surface area contributed by atoms with Gasteiger partial charge in [-0.25, -0.2) is 4.79 Å². The van der Waals surface area contributed by atoms with Crippen molar-refractivity contribution in [3.63, 3.8) is 0 Å². The summed E-state index contributed by atoms with van der Waals surface area (Å²) in [4.78, 5) is 11.6. The van der Waals surface area contributed by atoms with Crippen molar-refractivity contribution >= 4 is 27.0 Å². The van der Waals surface area contributed by atoms with E-state index in [1.165, 1.54) is 0 Å². The van der Waals surface area contributed by atoms with Crippen molar-refractivity contribution in [3.8, 4) is 0 Å². The molecule has 0 rings (SSSR count). The molecule has 0 aliphatic heterocycles. The molecule has 0 fully saturated rings. The third kappa shape index (κ3) is 24.6. The molecule has 0 aromatic heterocycles. The van der Waals surface area contributed by atoms with Gasteiger partial charge in [-0.05, 0) is 0 Å². The van der Waals surface area contributed by atoms with Gasteiger partial charge in [-0.15, -0.1) is 0 Å². The molecule has 0 saturated carbocycles. The predicted octanol–water partition coefficient (Wildman–Crippen LogP) is -1.31. The molecule has 0 unspecified atom stereocenters. The van der Waals surface area contributed by atoms with Crippen LogP contribution in [-0.2, 0) is 34.4 Å². The summed E-state index contributed by atoms with van der Waals surface area (Å²) >= 11 is 0. The first kappa shape index (κ1) is 16.4. The molecule has 4 N–H and O–H groups in total. The van der Waals surface area contributed by atoms with Gasteiger partial charge in [-0.1, -0.05) is 8.67 Å². The molecule has 0 atom stereocenters. The molecular weight excluding hydrogens is 268 g/mol. The predicted molar refractivity (Wildman–Crippen MR) is 37.0 cm³/mol. The summed E-state index contributed by atoms with van der Waals surface area (Å²) in [5.74, 6) is 0. The zero-order valence-corrected chi connectivity index (χ0v) is 8.00. The third-order valence-electron chi connectivity index (χ3n) is 0.278. The van der Waals surface area contributed by atoms with E-state index in [4.69, 9.17) is 24.3 Å². The van der Waals surface area contributed by atoms with Gasteiger partial charge in [0.25, 0.3) is 0 Å². The molecule has 15 heavy (non-hydrogen) atoms.